The summed E-state index contributed by atoms with van der Waals surface area (Å²) in [6.07, 6.45) is 2.45. The summed E-state index contributed by atoms with van der Waals surface area (Å²) in [6.45, 7) is 13.3. The number of hydrogen-bond donors (Lipinski definition) is 3. The summed E-state index contributed by atoms with van der Waals surface area (Å²) >= 11 is 0. The topological polar surface area (TPSA) is 134 Å². The van der Waals surface area contributed by atoms with Gasteiger partial charge in [-0.1, -0.05) is 12.1 Å². The number of fused-ring (bicyclic) bond motifs is 3. The first kappa shape index (κ1) is 30.0. The highest BCUT2D eigenvalue weighted by molar-refractivity contribution is 7.92. The zero-order valence-corrected chi connectivity index (χ0v) is 26.6. The summed E-state index contributed by atoms with van der Waals surface area (Å²) in [5.74, 6) is 1.57. The van der Waals surface area contributed by atoms with Crippen LogP contribution in [0.3, 0.4) is 0 Å². The first-order valence-electron chi connectivity index (χ1n) is 15.0. The summed E-state index contributed by atoms with van der Waals surface area (Å²) in [6, 6.07) is 11.0. The van der Waals surface area contributed by atoms with Crippen molar-refractivity contribution in [3.8, 4) is 17.0 Å². The lowest BCUT2D eigenvalue weighted by atomic mass is 10.1. The fourth-order valence-corrected chi connectivity index (χ4v) is 6.71. The van der Waals surface area contributed by atoms with Crippen LogP contribution in [0.1, 0.15) is 50.1 Å². The Bertz CT molecular complexity index is 1780. The van der Waals surface area contributed by atoms with Crippen LogP contribution in [-0.2, 0) is 27.5 Å². The second-order valence-corrected chi connectivity index (χ2v) is 14.3. The molecule has 0 spiro atoms. The highest BCUT2D eigenvalue weighted by Gasteiger charge is 2.28. The van der Waals surface area contributed by atoms with E-state index in [9.17, 15) is 8.42 Å². The zero-order chi connectivity index (χ0) is 31.0. The van der Waals surface area contributed by atoms with Crippen molar-refractivity contribution in [3.05, 3.63) is 65.0 Å². The minimum atomic E-state index is -3.51. The molecule has 6 rings (SSSR count). The van der Waals surface area contributed by atoms with Gasteiger partial charge in [0.25, 0.3) is 0 Å². The van der Waals surface area contributed by atoms with E-state index in [-0.39, 0.29) is 11.0 Å². The van der Waals surface area contributed by atoms with Gasteiger partial charge in [-0.2, -0.15) is 10.1 Å². The summed E-state index contributed by atoms with van der Waals surface area (Å²) in [5.41, 5.74) is 7.52. The van der Waals surface area contributed by atoms with E-state index in [1.54, 1.807) is 44.3 Å². The van der Waals surface area contributed by atoms with Crippen LogP contribution in [0.5, 0.6) is 5.75 Å². The van der Waals surface area contributed by atoms with Crippen LogP contribution < -0.4 is 15.4 Å². The predicted octanol–water partition coefficient (Wildman–Crippen LogP) is 5.37. The summed E-state index contributed by atoms with van der Waals surface area (Å²) in [4.78, 5) is 11.9. The normalized spacial score (nSPS) is 15.0. The van der Waals surface area contributed by atoms with Crippen molar-refractivity contribution in [1.82, 2.24) is 25.1 Å². The van der Waals surface area contributed by atoms with Crippen LogP contribution in [0, 0.1) is 6.92 Å². The number of benzene rings is 2. The van der Waals surface area contributed by atoms with Gasteiger partial charge in [0.2, 0.25) is 5.95 Å². The smallest absolute Gasteiger partial charge is 0.229 e. The molecular formula is C32H39N7O4S. The first-order chi connectivity index (χ1) is 21.1. The number of H-pyrrole nitrogens is 1. The predicted molar refractivity (Wildman–Crippen MR) is 171 cm³/mol. The molecule has 2 aliphatic rings. The van der Waals surface area contributed by atoms with Crippen LogP contribution in [0.15, 0.2) is 47.5 Å². The molecule has 0 amide bonds. The molecular weight excluding hydrogens is 578 g/mol. The molecule has 0 bridgehead atoms. The maximum Gasteiger partial charge on any atom is 0.229 e. The quantitative estimate of drug-likeness (QED) is 0.188. The largest absolute Gasteiger partial charge is 0.489 e. The van der Waals surface area contributed by atoms with Gasteiger partial charge in [-0.25, -0.2) is 13.4 Å². The minimum absolute atomic E-state index is 0.0399. The molecule has 12 heteroatoms. The van der Waals surface area contributed by atoms with Crippen molar-refractivity contribution < 1.29 is 17.9 Å². The van der Waals surface area contributed by atoms with Gasteiger partial charge in [-0.05, 0) is 64.4 Å². The van der Waals surface area contributed by atoms with E-state index in [4.69, 9.17) is 14.5 Å². The molecule has 3 heterocycles. The lowest BCUT2D eigenvalue weighted by Crippen LogP contribution is -2.35. The average Bonchev–Trinajstić information content (AvgIpc) is 3.54. The van der Waals surface area contributed by atoms with Crippen molar-refractivity contribution in [1.29, 1.82) is 0 Å². The number of nitrogens with one attached hydrogen (secondary N) is 3. The van der Waals surface area contributed by atoms with E-state index in [1.807, 2.05) is 20.8 Å². The third-order valence-corrected chi connectivity index (χ3v) is 10.1. The van der Waals surface area contributed by atoms with E-state index >= 15 is 0 Å². The number of aromatic amines is 1. The van der Waals surface area contributed by atoms with Gasteiger partial charge in [-0.3, -0.25) is 10.00 Å². The van der Waals surface area contributed by atoms with Gasteiger partial charge < -0.3 is 20.1 Å². The van der Waals surface area contributed by atoms with Crippen LogP contribution in [0.2, 0.25) is 0 Å². The van der Waals surface area contributed by atoms with Crippen molar-refractivity contribution in [2.24, 2.45) is 0 Å². The Morgan fingerprint density at radius 3 is 2.59 bits per heavy atom. The molecule has 232 valence electrons. The fourth-order valence-electron chi connectivity index (χ4n) is 5.51. The van der Waals surface area contributed by atoms with Crippen LogP contribution >= 0.6 is 0 Å². The third-order valence-electron chi connectivity index (χ3n) is 7.92. The van der Waals surface area contributed by atoms with Gasteiger partial charge in [0.05, 0.1) is 52.2 Å². The Kier molecular flexibility index (Phi) is 8.32. The maximum absolute atomic E-state index is 13.0. The Balaban J connectivity index is 1.30. The molecule has 3 N–H and O–H groups in total. The van der Waals surface area contributed by atoms with Crippen molar-refractivity contribution in [3.63, 3.8) is 0 Å². The van der Waals surface area contributed by atoms with Gasteiger partial charge in [0.15, 0.2) is 9.84 Å². The molecule has 0 radical (unpaired) electrons. The molecule has 1 aliphatic heterocycles. The average molecular weight is 618 g/mol. The van der Waals surface area contributed by atoms with Gasteiger partial charge in [0.1, 0.15) is 11.6 Å². The summed E-state index contributed by atoms with van der Waals surface area (Å²) < 4.78 is 37.8. The molecule has 2 aromatic heterocycles. The Labute approximate surface area is 258 Å². The lowest BCUT2D eigenvalue weighted by Gasteiger charge is -2.25. The number of para-hydroxylation sites is 1. The monoisotopic (exact) mass is 617 g/mol. The van der Waals surface area contributed by atoms with Gasteiger partial charge in [0, 0.05) is 48.9 Å². The third kappa shape index (κ3) is 6.01. The molecule has 0 saturated carbocycles. The molecule has 0 unspecified atom stereocenters. The number of morpholine rings is 1. The van der Waals surface area contributed by atoms with E-state index in [0.717, 1.165) is 67.5 Å². The molecule has 0 atom stereocenters. The Morgan fingerprint density at radius 1 is 1.07 bits per heavy atom. The minimum Gasteiger partial charge on any atom is -0.489 e. The molecule has 2 aromatic carbocycles. The van der Waals surface area contributed by atoms with Gasteiger partial charge in [-0.15, -0.1) is 0 Å². The molecule has 4 aromatic rings. The number of aryl methyl sites for hydroxylation is 1. The van der Waals surface area contributed by atoms with Crippen molar-refractivity contribution >= 4 is 33.0 Å². The van der Waals surface area contributed by atoms with E-state index in [2.05, 4.69) is 42.8 Å². The highest BCUT2D eigenvalue weighted by Crippen LogP contribution is 2.43. The lowest BCUT2D eigenvalue weighted by molar-refractivity contribution is 0.0335. The van der Waals surface area contributed by atoms with Crippen LogP contribution in [0.25, 0.3) is 11.3 Å². The van der Waals surface area contributed by atoms with Crippen molar-refractivity contribution in [2.75, 3.05) is 36.9 Å². The number of anilines is 4. The van der Waals surface area contributed by atoms with E-state index in [1.165, 1.54) is 11.1 Å². The summed E-state index contributed by atoms with van der Waals surface area (Å²) in [5, 5.41) is 14.0. The molecule has 44 heavy (non-hydrogen) atoms. The number of sulfone groups is 1. The number of aromatic nitrogens is 4. The number of ether oxygens (including phenoxy) is 2. The Hall–Kier alpha value is -4.00. The summed E-state index contributed by atoms with van der Waals surface area (Å²) in [7, 11) is -3.51. The number of nitrogens with zero attached hydrogens (tertiary/aromatic N) is 4. The Morgan fingerprint density at radius 2 is 1.84 bits per heavy atom. The van der Waals surface area contributed by atoms with Crippen LogP contribution in [-0.4, -0.2) is 71.1 Å². The second-order valence-electron chi connectivity index (χ2n) is 11.8. The number of rotatable bonds is 10. The standard InChI is InChI=1S/C32H39N7O4S/c1-19(2)43-28-15-22-14-24-27(18-39-10-12-42-13-11-39)37-38-30(24)23(22)16-26(28)35-32-33-17-21(5)31(36-32)34-25-8-6-7-9-29(25)44(40,41)20(3)4/h6-9,15-17,19-20H,10-14,18H2,1-5H3,(H,37,38)(H2,33,34,35,36). The second kappa shape index (κ2) is 12.2. The molecule has 1 fully saturated rings. The first-order valence-corrected chi connectivity index (χ1v) is 16.6. The van der Waals surface area contributed by atoms with E-state index < -0.39 is 15.1 Å². The highest BCUT2D eigenvalue weighted by atomic mass is 32.2. The van der Waals surface area contributed by atoms with E-state index in [0.29, 0.717) is 23.2 Å². The SMILES string of the molecule is Cc1cnc(Nc2cc3c(cc2OC(C)C)Cc2c(CN4CCOCC4)n[nH]c2-3)nc1Nc1ccccc1S(=O)(=O)C(C)C. The fraction of sp³-hybridized carbons (Fsp3) is 0.406. The molecule has 11 nitrogen and oxygen atoms in total. The molecule has 1 aliphatic carbocycles. The van der Waals surface area contributed by atoms with Gasteiger partial charge >= 0.3 is 0 Å². The molecule has 1 saturated heterocycles. The van der Waals surface area contributed by atoms with Crippen LogP contribution in [0.4, 0.5) is 23.1 Å². The zero-order valence-electron chi connectivity index (χ0n) is 25.8. The maximum atomic E-state index is 13.0. The number of hydrogen-bond acceptors (Lipinski definition) is 10. The van der Waals surface area contributed by atoms with Crippen molar-refractivity contribution in [2.45, 2.75) is 63.8 Å².